The maximum Gasteiger partial charge on any atom is 0.146 e. The Balaban J connectivity index is 0.000000704. The molecule has 0 bridgehead atoms. The summed E-state index contributed by atoms with van der Waals surface area (Å²) in [6.07, 6.45) is 4.81. The molecule has 0 aromatic heterocycles. The molecule has 0 radical (unpaired) electrons. The number of carbonyl (C=O) groups excluding carboxylic acids is 1. The number of fused-ring (bicyclic) bond motifs is 1. The first-order valence-electron chi connectivity index (χ1n) is 8.01. The van der Waals surface area contributed by atoms with Crippen LogP contribution in [0, 0.1) is 5.92 Å². The summed E-state index contributed by atoms with van der Waals surface area (Å²) in [6.45, 7) is 7.63. The molecule has 3 rings (SSSR count). The van der Waals surface area contributed by atoms with Crippen molar-refractivity contribution in [1.82, 2.24) is 0 Å². The zero-order valence-corrected chi connectivity index (χ0v) is 13.9. The van der Waals surface area contributed by atoms with Gasteiger partial charge in [0.05, 0.1) is 20.1 Å². The number of nitrogens with zero attached hydrogens (tertiary/aromatic N) is 1. The predicted octanol–water partition coefficient (Wildman–Crippen LogP) is 2.21. The maximum atomic E-state index is 11.4. The third-order valence-corrected chi connectivity index (χ3v) is 6.53. The molecule has 0 spiro atoms. The molecule has 0 aromatic rings. The van der Waals surface area contributed by atoms with Gasteiger partial charge in [-0.05, 0) is 6.42 Å². The minimum absolute atomic E-state index is 0.313. The predicted molar refractivity (Wildman–Crippen MR) is 86.8 cm³/mol. The Hall–Kier alpha value is -0.320. The number of hydrogen-bond acceptors (Lipinski definition) is 3. The minimum atomic E-state index is 0.313. The highest BCUT2D eigenvalue weighted by Gasteiger charge is 2.45. The summed E-state index contributed by atoms with van der Waals surface area (Å²) in [4.78, 5) is 11.4. The summed E-state index contributed by atoms with van der Waals surface area (Å²) in [7, 11) is 2.34. The summed E-state index contributed by atoms with van der Waals surface area (Å²) < 4.78 is 1.14. The Kier molecular flexibility index (Phi) is 5.32. The lowest BCUT2D eigenvalue weighted by Crippen LogP contribution is -2.54. The van der Waals surface area contributed by atoms with Crippen molar-refractivity contribution in [2.24, 2.45) is 11.7 Å². The van der Waals surface area contributed by atoms with Gasteiger partial charge in [0.1, 0.15) is 12.8 Å². The second-order valence-corrected chi connectivity index (χ2v) is 7.56. The summed E-state index contributed by atoms with van der Waals surface area (Å²) in [5.74, 6) is 1.48. The number of likely N-dealkylation sites (tertiary alicyclic amines) is 1. The number of aldehydes is 1. The molecule has 4 heteroatoms. The van der Waals surface area contributed by atoms with Gasteiger partial charge in [-0.3, -0.25) is 4.79 Å². The Labute approximate surface area is 127 Å². The number of likely N-dealkylation sites (N-methyl/N-ethyl adjacent to an activating group) is 1. The van der Waals surface area contributed by atoms with Crippen LogP contribution in [0.25, 0.3) is 0 Å². The van der Waals surface area contributed by atoms with Gasteiger partial charge in [0.25, 0.3) is 0 Å². The van der Waals surface area contributed by atoms with Crippen molar-refractivity contribution >= 4 is 18.0 Å². The summed E-state index contributed by atoms with van der Waals surface area (Å²) in [6, 6.07) is 0.313. The van der Waals surface area contributed by atoms with E-state index in [2.05, 4.69) is 7.05 Å². The first-order chi connectivity index (χ1) is 9.63. The molecule has 3 nitrogen and oxygen atoms in total. The van der Waals surface area contributed by atoms with E-state index in [9.17, 15) is 4.79 Å². The molecule has 2 aliphatic heterocycles. The van der Waals surface area contributed by atoms with Crippen LogP contribution < -0.4 is 5.73 Å². The maximum absolute atomic E-state index is 11.4. The standard InChI is InChI=1S/C14H23N2OS.C2H6/c1-16(4-2-3-5-16)7-10-9-18-14-11(6-13(14)15)12(10)8-17;1-2/h8,11,13-14H,2-7,9,15H2,1H3;1-2H3/q+1;/t11?,13-,14+;/m1./s1. The molecule has 1 saturated carbocycles. The highest BCUT2D eigenvalue weighted by Crippen LogP contribution is 2.46. The van der Waals surface area contributed by atoms with E-state index in [4.69, 9.17) is 5.73 Å². The van der Waals surface area contributed by atoms with Gasteiger partial charge >= 0.3 is 0 Å². The van der Waals surface area contributed by atoms with Crippen molar-refractivity contribution in [1.29, 1.82) is 0 Å². The van der Waals surface area contributed by atoms with Crippen molar-refractivity contribution in [2.75, 3.05) is 32.4 Å². The molecule has 1 saturated heterocycles. The van der Waals surface area contributed by atoms with Gasteiger partial charge < -0.3 is 10.2 Å². The Morgan fingerprint density at radius 3 is 2.55 bits per heavy atom. The SMILES string of the molecule is CC.C[N+]1(CC2=C(C=O)C3C[C@@H](N)[C@H]3SC2)CCCC1. The van der Waals surface area contributed by atoms with Crippen LogP contribution in [0.15, 0.2) is 11.1 Å². The highest BCUT2D eigenvalue weighted by atomic mass is 32.2. The third kappa shape index (κ3) is 2.97. The van der Waals surface area contributed by atoms with Crippen LogP contribution >= 0.6 is 11.8 Å². The van der Waals surface area contributed by atoms with E-state index in [1.165, 1.54) is 31.5 Å². The number of thioether (sulfide) groups is 1. The van der Waals surface area contributed by atoms with E-state index >= 15 is 0 Å². The van der Waals surface area contributed by atoms with Crippen molar-refractivity contribution in [2.45, 2.75) is 44.4 Å². The van der Waals surface area contributed by atoms with Crippen LogP contribution in [0.1, 0.15) is 33.1 Å². The minimum Gasteiger partial charge on any atom is -0.327 e. The molecule has 3 atom stereocenters. The normalized spacial score (nSPS) is 34.7. The van der Waals surface area contributed by atoms with Crippen molar-refractivity contribution in [3.8, 4) is 0 Å². The Bertz CT molecular complexity index is 388. The zero-order chi connectivity index (χ0) is 14.8. The van der Waals surface area contributed by atoms with Crippen LogP contribution in [0.5, 0.6) is 0 Å². The fourth-order valence-electron chi connectivity index (χ4n) is 3.78. The number of nitrogens with two attached hydrogens (primary N) is 1. The van der Waals surface area contributed by atoms with E-state index in [1.54, 1.807) is 0 Å². The average molecular weight is 297 g/mol. The van der Waals surface area contributed by atoms with Gasteiger partial charge in [-0.2, -0.15) is 11.8 Å². The van der Waals surface area contributed by atoms with Gasteiger partial charge in [-0.25, -0.2) is 0 Å². The molecule has 114 valence electrons. The lowest BCUT2D eigenvalue weighted by Gasteiger charge is -2.46. The zero-order valence-electron chi connectivity index (χ0n) is 13.1. The highest BCUT2D eigenvalue weighted by molar-refractivity contribution is 8.00. The van der Waals surface area contributed by atoms with E-state index in [0.717, 1.165) is 35.1 Å². The Morgan fingerprint density at radius 1 is 1.35 bits per heavy atom. The quantitative estimate of drug-likeness (QED) is 0.641. The van der Waals surface area contributed by atoms with Gasteiger partial charge in [-0.1, -0.05) is 13.8 Å². The van der Waals surface area contributed by atoms with Crippen LogP contribution in [0.3, 0.4) is 0 Å². The van der Waals surface area contributed by atoms with Crippen LogP contribution in [-0.4, -0.2) is 54.5 Å². The van der Waals surface area contributed by atoms with Crippen molar-refractivity contribution in [3.05, 3.63) is 11.1 Å². The molecule has 2 fully saturated rings. The fourth-order valence-corrected chi connectivity index (χ4v) is 5.28. The molecule has 1 unspecified atom stereocenters. The van der Waals surface area contributed by atoms with E-state index in [0.29, 0.717) is 17.2 Å². The lowest BCUT2D eigenvalue weighted by atomic mass is 9.74. The molecule has 0 aromatic carbocycles. The molecule has 2 heterocycles. The monoisotopic (exact) mass is 297 g/mol. The molecule has 1 aliphatic carbocycles. The number of allylic oxidation sites excluding steroid dienone is 1. The molecule has 2 N–H and O–H groups in total. The number of hydrogen-bond donors (Lipinski definition) is 1. The fraction of sp³-hybridized carbons (Fsp3) is 0.812. The van der Waals surface area contributed by atoms with E-state index in [-0.39, 0.29) is 0 Å². The van der Waals surface area contributed by atoms with Crippen molar-refractivity contribution < 1.29 is 9.28 Å². The molecular formula is C16H29N2OS+. The topological polar surface area (TPSA) is 43.1 Å². The number of rotatable bonds is 3. The molecule has 3 aliphatic rings. The largest absolute Gasteiger partial charge is 0.327 e. The Morgan fingerprint density at radius 2 is 2.00 bits per heavy atom. The number of quaternary nitrogens is 1. The lowest BCUT2D eigenvalue weighted by molar-refractivity contribution is -0.893. The molecular weight excluding hydrogens is 268 g/mol. The van der Waals surface area contributed by atoms with Crippen molar-refractivity contribution in [3.63, 3.8) is 0 Å². The van der Waals surface area contributed by atoms with E-state index in [1.807, 2.05) is 25.6 Å². The molecule has 0 amide bonds. The van der Waals surface area contributed by atoms with E-state index < -0.39 is 0 Å². The first kappa shape index (κ1) is 16.1. The van der Waals surface area contributed by atoms with Gasteiger partial charge in [0.15, 0.2) is 0 Å². The third-order valence-electron chi connectivity index (χ3n) is 4.95. The van der Waals surface area contributed by atoms with Gasteiger partial charge in [0, 0.05) is 47.0 Å². The smallest absolute Gasteiger partial charge is 0.146 e. The summed E-state index contributed by atoms with van der Waals surface area (Å²) in [5, 5.41) is 0.512. The summed E-state index contributed by atoms with van der Waals surface area (Å²) >= 11 is 1.98. The number of carbonyl (C=O) groups is 1. The molecule has 20 heavy (non-hydrogen) atoms. The second kappa shape index (κ2) is 6.63. The van der Waals surface area contributed by atoms with Gasteiger partial charge in [0.2, 0.25) is 0 Å². The second-order valence-electron chi connectivity index (χ2n) is 6.39. The summed E-state index contributed by atoms with van der Waals surface area (Å²) in [5.41, 5.74) is 8.54. The van der Waals surface area contributed by atoms with Crippen LogP contribution in [0.4, 0.5) is 0 Å². The average Bonchev–Trinajstić information content (AvgIpc) is 2.87. The van der Waals surface area contributed by atoms with Crippen LogP contribution in [0.2, 0.25) is 0 Å². The first-order valence-corrected chi connectivity index (χ1v) is 9.06. The van der Waals surface area contributed by atoms with Crippen LogP contribution in [-0.2, 0) is 4.79 Å². The van der Waals surface area contributed by atoms with Gasteiger partial charge in [-0.15, -0.1) is 0 Å².